The molecule has 1 aliphatic rings. The molecule has 1 atom stereocenters. The van der Waals surface area contributed by atoms with E-state index in [4.69, 9.17) is 9.15 Å². The maximum Gasteiger partial charge on any atom is 0.418 e. The standard InChI is InChI=1S/C13H20F3N3O3/c1-8(2)11-18-17-10(22-11)6-21-9-4-19(5-9)7-12(3,20)13(14,15)16/h8-9,20H,4-7H2,1-3H3. The Hall–Kier alpha value is -1.19. The lowest BCUT2D eigenvalue weighted by Crippen LogP contribution is -2.60. The lowest BCUT2D eigenvalue weighted by Gasteiger charge is -2.42. The average Bonchev–Trinajstić information content (AvgIpc) is 2.79. The Bertz CT molecular complexity index is 496. The molecule has 0 amide bonds. The summed E-state index contributed by atoms with van der Waals surface area (Å²) in [5.41, 5.74) is -2.71. The number of β-amino-alcohol motifs (C(OH)–C–C–N with tert-alkyl or cyclic N) is 1. The molecule has 0 aromatic carbocycles. The molecule has 2 heterocycles. The van der Waals surface area contributed by atoms with Crippen molar-refractivity contribution in [2.75, 3.05) is 19.6 Å². The van der Waals surface area contributed by atoms with Gasteiger partial charge in [0.2, 0.25) is 11.8 Å². The normalized spacial score (nSPS) is 20.2. The van der Waals surface area contributed by atoms with Gasteiger partial charge in [-0.25, -0.2) is 0 Å². The van der Waals surface area contributed by atoms with E-state index >= 15 is 0 Å². The Morgan fingerprint density at radius 3 is 2.50 bits per heavy atom. The minimum atomic E-state index is -4.64. The number of likely N-dealkylation sites (tertiary alicyclic amines) is 1. The molecule has 1 aromatic rings. The number of ether oxygens (including phenoxy) is 1. The first-order valence-electron chi connectivity index (χ1n) is 7.04. The van der Waals surface area contributed by atoms with Crippen molar-refractivity contribution < 1.29 is 27.4 Å². The van der Waals surface area contributed by atoms with E-state index in [1.165, 1.54) is 4.90 Å². The van der Waals surface area contributed by atoms with Gasteiger partial charge in [-0.3, -0.25) is 4.90 Å². The zero-order valence-electron chi connectivity index (χ0n) is 12.7. The quantitative estimate of drug-likeness (QED) is 0.859. The van der Waals surface area contributed by atoms with E-state index in [0.717, 1.165) is 6.92 Å². The maximum absolute atomic E-state index is 12.6. The number of halogens is 3. The highest BCUT2D eigenvalue weighted by Crippen LogP contribution is 2.32. The predicted octanol–water partition coefficient (Wildman–Crippen LogP) is 1.71. The zero-order chi connectivity index (χ0) is 16.5. The molecule has 0 bridgehead atoms. The van der Waals surface area contributed by atoms with E-state index in [1.807, 2.05) is 13.8 Å². The minimum Gasteiger partial charge on any atom is -0.422 e. The summed E-state index contributed by atoms with van der Waals surface area (Å²) in [6.45, 7) is 4.95. The predicted molar refractivity (Wildman–Crippen MR) is 70.1 cm³/mol. The number of alkyl halides is 3. The number of aromatic nitrogens is 2. The van der Waals surface area contributed by atoms with E-state index in [9.17, 15) is 18.3 Å². The Kier molecular flexibility index (Phi) is 4.78. The minimum absolute atomic E-state index is 0.130. The Morgan fingerprint density at radius 2 is 2.00 bits per heavy atom. The fourth-order valence-electron chi connectivity index (χ4n) is 2.03. The molecule has 0 aliphatic carbocycles. The summed E-state index contributed by atoms with van der Waals surface area (Å²) in [5, 5.41) is 17.1. The third-order valence-electron chi connectivity index (χ3n) is 3.48. The third kappa shape index (κ3) is 3.96. The molecule has 0 radical (unpaired) electrons. The van der Waals surface area contributed by atoms with Crippen molar-refractivity contribution >= 4 is 0 Å². The van der Waals surface area contributed by atoms with E-state index in [1.54, 1.807) is 0 Å². The zero-order valence-corrected chi connectivity index (χ0v) is 12.7. The first-order valence-corrected chi connectivity index (χ1v) is 7.04. The molecule has 22 heavy (non-hydrogen) atoms. The van der Waals surface area contributed by atoms with Crippen molar-refractivity contribution in [3.05, 3.63) is 11.8 Å². The summed E-state index contributed by atoms with van der Waals surface area (Å²) < 4.78 is 48.5. The van der Waals surface area contributed by atoms with Gasteiger partial charge in [-0.15, -0.1) is 10.2 Å². The summed E-state index contributed by atoms with van der Waals surface area (Å²) in [6, 6.07) is 0. The Morgan fingerprint density at radius 1 is 1.36 bits per heavy atom. The van der Waals surface area contributed by atoms with Gasteiger partial charge in [-0.05, 0) is 6.92 Å². The Balaban J connectivity index is 1.71. The molecule has 2 rings (SSSR count). The van der Waals surface area contributed by atoms with Gasteiger partial charge >= 0.3 is 6.18 Å². The van der Waals surface area contributed by atoms with E-state index < -0.39 is 18.3 Å². The van der Waals surface area contributed by atoms with Crippen molar-refractivity contribution in [1.82, 2.24) is 15.1 Å². The van der Waals surface area contributed by atoms with Crippen LogP contribution in [0.2, 0.25) is 0 Å². The molecule has 126 valence electrons. The van der Waals surface area contributed by atoms with Gasteiger partial charge in [0, 0.05) is 25.6 Å². The summed E-state index contributed by atoms with van der Waals surface area (Å²) in [7, 11) is 0. The fourth-order valence-corrected chi connectivity index (χ4v) is 2.03. The molecule has 1 N–H and O–H groups in total. The molecule has 0 spiro atoms. The topological polar surface area (TPSA) is 71.6 Å². The fraction of sp³-hybridized carbons (Fsp3) is 0.846. The number of hydrogen-bond donors (Lipinski definition) is 1. The van der Waals surface area contributed by atoms with Crippen molar-refractivity contribution in [2.24, 2.45) is 0 Å². The summed E-state index contributed by atoms with van der Waals surface area (Å²) in [6.07, 6.45) is -4.84. The summed E-state index contributed by atoms with van der Waals surface area (Å²) >= 11 is 0. The molecule has 1 aromatic heterocycles. The monoisotopic (exact) mass is 323 g/mol. The van der Waals surface area contributed by atoms with Crippen LogP contribution in [-0.4, -0.2) is 57.7 Å². The first kappa shape index (κ1) is 17.2. The van der Waals surface area contributed by atoms with Gasteiger partial charge in [0.05, 0.1) is 6.10 Å². The van der Waals surface area contributed by atoms with Gasteiger partial charge in [-0.2, -0.15) is 13.2 Å². The van der Waals surface area contributed by atoms with Crippen molar-refractivity contribution in [2.45, 2.75) is 51.2 Å². The van der Waals surface area contributed by atoms with E-state index in [-0.39, 0.29) is 18.6 Å². The highest BCUT2D eigenvalue weighted by molar-refractivity contribution is 4.91. The molecular weight excluding hydrogens is 303 g/mol. The first-order chi connectivity index (χ1) is 10.1. The SMILES string of the molecule is CC(C)c1nnc(COC2CN(CC(C)(O)C(F)(F)F)C2)o1. The van der Waals surface area contributed by atoms with Gasteiger partial charge in [-0.1, -0.05) is 13.8 Å². The molecule has 0 saturated carbocycles. The smallest absolute Gasteiger partial charge is 0.418 e. The second-order valence-electron chi connectivity index (χ2n) is 6.09. The Labute approximate surface area is 126 Å². The van der Waals surface area contributed by atoms with E-state index in [0.29, 0.717) is 24.9 Å². The van der Waals surface area contributed by atoms with Crippen molar-refractivity contribution in [3.8, 4) is 0 Å². The van der Waals surface area contributed by atoms with Gasteiger partial charge in [0.1, 0.15) is 6.61 Å². The average molecular weight is 323 g/mol. The van der Waals surface area contributed by atoms with Crippen LogP contribution in [0.4, 0.5) is 13.2 Å². The summed E-state index contributed by atoms with van der Waals surface area (Å²) in [5.74, 6) is 1.00. The maximum atomic E-state index is 12.6. The molecule has 1 aliphatic heterocycles. The molecular formula is C13H20F3N3O3. The van der Waals surface area contributed by atoms with Crippen LogP contribution in [0.1, 0.15) is 38.5 Å². The second kappa shape index (κ2) is 6.13. The molecule has 6 nitrogen and oxygen atoms in total. The highest BCUT2D eigenvalue weighted by atomic mass is 19.4. The number of nitrogens with zero attached hydrogens (tertiary/aromatic N) is 3. The van der Waals surface area contributed by atoms with Crippen LogP contribution < -0.4 is 0 Å². The lowest BCUT2D eigenvalue weighted by molar-refractivity contribution is -0.263. The van der Waals surface area contributed by atoms with Crippen LogP contribution in [0.15, 0.2) is 4.42 Å². The number of aliphatic hydroxyl groups is 1. The van der Waals surface area contributed by atoms with Crippen LogP contribution in [0.3, 0.4) is 0 Å². The number of rotatable bonds is 6. The van der Waals surface area contributed by atoms with E-state index in [2.05, 4.69) is 10.2 Å². The summed E-state index contributed by atoms with van der Waals surface area (Å²) in [4.78, 5) is 1.49. The van der Waals surface area contributed by atoms with Crippen LogP contribution in [0, 0.1) is 0 Å². The van der Waals surface area contributed by atoms with Crippen LogP contribution >= 0.6 is 0 Å². The van der Waals surface area contributed by atoms with Crippen LogP contribution in [0.5, 0.6) is 0 Å². The lowest BCUT2D eigenvalue weighted by atomic mass is 10.0. The molecule has 1 saturated heterocycles. The van der Waals surface area contributed by atoms with Crippen LogP contribution in [0.25, 0.3) is 0 Å². The third-order valence-corrected chi connectivity index (χ3v) is 3.48. The number of hydrogen-bond acceptors (Lipinski definition) is 6. The molecule has 9 heteroatoms. The van der Waals surface area contributed by atoms with Crippen molar-refractivity contribution in [1.29, 1.82) is 0 Å². The molecule has 1 unspecified atom stereocenters. The van der Waals surface area contributed by atoms with Gasteiger partial charge < -0.3 is 14.3 Å². The van der Waals surface area contributed by atoms with Gasteiger partial charge in [0.15, 0.2) is 5.60 Å². The molecule has 1 fully saturated rings. The van der Waals surface area contributed by atoms with Gasteiger partial charge in [0.25, 0.3) is 0 Å². The second-order valence-corrected chi connectivity index (χ2v) is 6.09. The van der Waals surface area contributed by atoms with Crippen LogP contribution in [-0.2, 0) is 11.3 Å². The highest BCUT2D eigenvalue weighted by Gasteiger charge is 2.51. The van der Waals surface area contributed by atoms with Crippen molar-refractivity contribution in [3.63, 3.8) is 0 Å². The largest absolute Gasteiger partial charge is 0.422 e.